The average molecular weight is 419 g/mol. The van der Waals surface area contributed by atoms with Gasteiger partial charge in [0.1, 0.15) is 5.60 Å². The third kappa shape index (κ3) is 4.38. The summed E-state index contributed by atoms with van der Waals surface area (Å²) in [5.74, 6) is 1.14. The predicted molar refractivity (Wildman–Crippen MR) is 115 cm³/mol. The fraction of sp³-hybridized carbons (Fsp3) is 0.739. The molecule has 3 heterocycles. The predicted octanol–water partition coefficient (Wildman–Crippen LogP) is 4.02. The molecule has 0 aromatic carbocycles. The molecule has 1 N–H and O–H groups in total. The number of fused-ring (bicyclic) bond motifs is 1. The van der Waals surface area contributed by atoms with Crippen LogP contribution in [-0.2, 0) is 4.79 Å². The number of amides is 2. The van der Waals surface area contributed by atoms with E-state index >= 15 is 0 Å². The molecule has 2 unspecified atom stereocenters. The van der Waals surface area contributed by atoms with Gasteiger partial charge < -0.3 is 14.9 Å². The Labute approximate surface area is 178 Å². The molecule has 2 saturated heterocycles. The minimum absolute atomic E-state index is 0.190. The highest BCUT2D eigenvalue weighted by atomic mass is 32.1. The lowest BCUT2D eigenvalue weighted by Gasteiger charge is -2.44. The fourth-order valence-corrected chi connectivity index (χ4v) is 6.53. The molecule has 2 amide bonds. The Morgan fingerprint density at radius 3 is 2.45 bits per heavy atom. The molecule has 5 nitrogen and oxygen atoms in total. The monoisotopic (exact) mass is 418 g/mol. The van der Waals surface area contributed by atoms with E-state index in [9.17, 15) is 14.7 Å². The molecule has 2 aliphatic heterocycles. The minimum Gasteiger partial charge on any atom is -0.381 e. The topological polar surface area (TPSA) is 60.9 Å². The van der Waals surface area contributed by atoms with Crippen molar-refractivity contribution in [1.29, 1.82) is 0 Å². The van der Waals surface area contributed by atoms with E-state index in [-0.39, 0.29) is 11.8 Å². The number of thiophene rings is 1. The van der Waals surface area contributed by atoms with Crippen LogP contribution in [0.1, 0.15) is 86.4 Å². The summed E-state index contributed by atoms with van der Waals surface area (Å²) < 4.78 is 0. The van der Waals surface area contributed by atoms with Crippen LogP contribution in [0, 0.1) is 5.92 Å². The van der Waals surface area contributed by atoms with Crippen LogP contribution in [0.2, 0.25) is 0 Å². The van der Waals surface area contributed by atoms with Crippen molar-refractivity contribution in [2.75, 3.05) is 19.6 Å². The summed E-state index contributed by atoms with van der Waals surface area (Å²) in [7, 11) is 0. The zero-order chi connectivity index (χ0) is 20.6. The Morgan fingerprint density at radius 2 is 1.72 bits per heavy atom. The van der Waals surface area contributed by atoms with Gasteiger partial charge >= 0.3 is 0 Å². The van der Waals surface area contributed by atoms with Crippen molar-refractivity contribution in [2.45, 2.75) is 82.8 Å². The fourth-order valence-electron chi connectivity index (χ4n) is 5.48. The maximum Gasteiger partial charge on any atom is 0.254 e. The molecule has 0 spiro atoms. The summed E-state index contributed by atoms with van der Waals surface area (Å²) >= 11 is 1.69. The first-order chi connectivity index (χ1) is 13.8. The van der Waals surface area contributed by atoms with Gasteiger partial charge in [0.2, 0.25) is 0 Å². The summed E-state index contributed by atoms with van der Waals surface area (Å²) in [5, 5.41) is 12.0. The molecule has 6 heteroatoms. The number of carbonyl (C=O) groups excluding carboxylic acids is 2. The van der Waals surface area contributed by atoms with Gasteiger partial charge in [0.25, 0.3) is 11.8 Å². The van der Waals surface area contributed by atoms with Crippen LogP contribution in [0.3, 0.4) is 0 Å². The largest absolute Gasteiger partial charge is 0.381 e. The third-order valence-electron chi connectivity index (χ3n) is 7.08. The molecule has 0 bridgehead atoms. The van der Waals surface area contributed by atoms with Crippen LogP contribution in [-0.4, -0.2) is 58.0 Å². The first kappa shape index (κ1) is 20.9. The summed E-state index contributed by atoms with van der Waals surface area (Å²) in [6.07, 6.45) is 9.23. The standard InChI is InChI=1S/C23H34N2O3S/c1-23(2,28)22(27)24-12-9-17(10-13-24)20-14-18(15-29-20)21(26)25-11-5-7-16-6-3-4-8-19(16)25/h14-17,19,28H,3-13H2,1-2H3. The highest BCUT2D eigenvalue weighted by Crippen LogP contribution is 2.37. The maximum absolute atomic E-state index is 13.3. The Balaban J connectivity index is 1.39. The van der Waals surface area contributed by atoms with E-state index in [4.69, 9.17) is 0 Å². The molecule has 2 atom stereocenters. The van der Waals surface area contributed by atoms with Crippen LogP contribution in [0.25, 0.3) is 0 Å². The molecule has 1 aromatic heterocycles. The molecule has 3 fully saturated rings. The van der Waals surface area contributed by atoms with E-state index in [1.54, 1.807) is 30.1 Å². The second kappa shape index (κ2) is 8.38. The van der Waals surface area contributed by atoms with Gasteiger partial charge in [-0.15, -0.1) is 11.3 Å². The third-order valence-corrected chi connectivity index (χ3v) is 8.17. The maximum atomic E-state index is 13.3. The quantitative estimate of drug-likeness (QED) is 0.806. The number of rotatable bonds is 3. The lowest BCUT2D eigenvalue weighted by Crippen LogP contribution is -2.49. The lowest BCUT2D eigenvalue weighted by atomic mass is 9.78. The molecule has 4 rings (SSSR count). The number of nitrogens with zero attached hydrogens (tertiary/aromatic N) is 2. The van der Waals surface area contributed by atoms with E-state index in [0.717, 1.165) is 31.4 Å². The zero-order valence-electron chi connectivity index (χ0n) is 17.7. The van der Waals surface area contributed by atoms with Crippen LogP contribution < -0.4 is 0 Å². The second-order valence-electron chi connectivity index (χ2n) is 9.62. The van der Waals surface area contributed by atoms with Gasteiger partial charge in [0.15, 0.2) is 0 Å². The molecule has 1 aliphatic carbocycles. The lowest BCUT2D eigenvalue weighted by molar-refractivity contribution is -0.148. The number of hydrogen-bond donors (Lipinski definition) is 1. The highest BCUT2D eigenvalue weighted by Gasteiger charge is 2.37. The molecule has 1 saturated carbocycles. The SMILES string of the molecule is CC(C)(O)C(=O)N1CCC(c2cc(C(=O)N3CCCC4CCCCC43)cs2)CC1. The van der Waals surface area contributed by atoms with E-state index < -0.39 is 5.60 Å². The summed E-state index contributed by atoms with van der Waals surface area (Å²) in [5.41, 5.74) is -0.452. The second-order valence-corrected chi connectivity index (χ2v) is 10.6. The van der Waals surface area contributed by atoms with Crippen molar-refractivity contribution in [2.24, 2.45) is 5.92 Å². The molecule has 29 heavy (non-hydrogen) atoms. The summed E-state index contributed by atoms with van der Waals surface area (Å²) in [4.78, 5) is 30.7. The molecule has 1 aromatic rings. The Bertz CT molecular complexity index is 744. The van der Waals surface area contributed by atoms with Gasteiger partial charge in [0.05, 0.1) is 5.56 Å². The van der Waals surface area contributed by atoms with Gasteiger partial charge in [-0.05, 0) is 70.3 Å². The van der Waals surface area contributed by atoms with Crippen molar-refractivity contribution < 1.29 is 14.7 Å². The van der Waals surface area contributed by atoms with Crippen LogP contribution in [0.15, 0.2) is 11.4 Å². The number of hydrogen-bond acceptors (Lipinski definition) is 4. The van der Waals surface area contributed by atoms with Crippen LogP contribution in [0.4, 0.5) is 0 Å². The molecular weight excluding hydrogens is 384 g/mol. The highest BCUT2D eigenvalue weighted by molar-refractivity contribution is 7.10. The van der Waals surface area contributed by atoms with Gasteiger partial charge in [-0.1, -0.05) is 12.8 Å². The van der Waals surface area contributed by atoms with E-state index in [0.29, 0.717) is 31.0 Å². The number of carbonyl (C=O) groups is 2. The van der Waals surface area contributed by atoms with Crippen molar-refractivity contribution in [1.82, 2.24) is 9.80 Å². The molecular formula is C23H34N2O3S. The Hall–Kier alpha value is -1.40. The number of aliphatic hydroxyl groups is 1. The van der Waals surface area contributed by atoms with E-state index in [2.05, 4.69) is 11.0 Å². The molecule has 0 radical (unpaired) electrons. The number of piperidine rings is 2. The van der Waals surface area contributed by atoms with Crippen molar-refractivity contribution in [3.8, 4) is 0 Å². The average Bonchev–Trinajstić information content (AvgIpc) is 3.22. The van der Waals surface area contributed by atoms with E-state index in [1.165, 1.54) is 37.0 Å². The smallest absolute Gasteiger partial charge is 0.254 e. The van der Waals surface area contributed by atoms with E-state index in [1.807, 2.05) is 5.38 Å². The van der Waals surface area contributed by atoms with Gasteiger partial charge in [0, 0.05) is 35.9 Å². The summed E-state index contributed by atoms with van der Waals surface area (Å²) in [6, 6.07) is 2.56. The van der Waals surface area contributed by atoms with Gasteiger partial charge in [-0.2, -0.15) is 0 Å². The zero-order valence-corrected chi connectivity index (χ0v) is 18.5. The Kier molecular flexibility index (Phi) is 6.03. The van der Waals surface area contributed by atoms with Crippen LogP contribution >= 0.6 is 11.3 Å². The van der Waals surface area contributed by atoms with Crippen molar-refractivity contribution >= 4 is 23.2 Å². The number of likely N-dealkylation sites (tertiary alicyclic amines) is 2. The normalized spacial score (nSPS) is 26.3. The molecule has 3 aliphatic rings. The van der Waals surface area contributed by atoms with Crippen LogP contribution in [0.5, 0.6) is 0 Å². The molecule has 160 valence electrons. The Morgan fingerprint density at radius 1 is 1.03 bits per heavy atom. The first-order valence-electron chi connectivity index (χ1n) is 11.3. The van der Waals surface area contributed by atoms with Crippen molar-refractivity contribution in [3.63, 3.8) is 0 Å². The summed E-state index contributed by atoms with van der Waals surface area (Å²) in [6.45, 7) is 5.35. The first-order valence-corrected chi connectivity index (χ1v) is 12.1. The van der Waals surface area contributed by atoms with Gasteiger partial charge in [-0.25, -0.2) is 0 Å². The van der Waals surface area contributed by atoms with Crippen molar-refractivity contribution in [3.05, 3.63) is 21.9 Å². The van der Waals surface area contributed by atoms with Gasteiger partial charge in [-0.3, -0.25) is 9.59 Å². The minimum atomic E-state index is -1.30.